The minimum atomic E-state index is -4.80. The highest BCUT2D eigenvalue weighted by atomic mass is 19.4. The fourth-order valence-electron chi connectivity index (χ4n) is 6.43. The van der Waals surface area contributed by atoms with Crippen LogP contribution in [0.25, 0.3) is 0 Å². The number of alkyl halides is 6. The molecule has 0 unspecified atom stereocenters. The molecule has 45 heavy (non-hydrogen) atoms. The number of amides is 2. The third kappa shape index (κ3) is 8.07. The second-order valence-electron chi connectivity index (χ2n) is 11.8. The first-order chi connectivity index (χ1) is 21.0. The number of nitrogens with one attached hydrogen (secondary N) is 1. The Hall–Kier alpha value is -3.39. The van der Waals surface area contributed by atoms with Crippen LogP contribution in [0.5, 0.6) is 0 Å². The van der Waals surface area contributed by atoms with Gasteiger partial charge in [-0.25, -0.2) is 9.18 Å². The molecule has 0 aromatic heterocycles. The molecule has 5 rings (SSSR count). The highest BCUT2D eigenvalue weighted by Gasteiger charge is 2.41. The molecule has 2 N–H and O–H groups in total. The Morgan fingerprint density at radius 3 is 2.16 bits per heavy atom. The molecule has 2 aromatic carbocycles. The van der Waals surface area contributed by atoms with Crippen LogP contribution in [-0.4, -0.2) is 77.1 Å². The number of hydrogen-bond donors (Lipinski definition) is 2. The van der Waals surface area contributed by atoms with Gasteiger partial charge in [-0.15, -0.1) is 0 Å². The Balaban J connectivity index is 0.000000224. The summed E-state index contributed by atoms with van der Waals surface area (Å²) in [5.41, 5.74) is -0.972. The summed E-state index contributed by atoms with van der Waals surface area (Å²) in [6.07, 6.45) is -7.46. The monoisotopic (exact) mass is 646 g/mol. The SMILES string of the molecule is CN[C@H](C)c1cc(C(F)(F)F)cc(C(F)(F)F)c1.Cc1cc(F)ccc1[C@H]1C[C@@H](N2CCN3C(=O)CC[C@@H]3C2)CCN1C(=O)O. The summed E-state index contributed by atoms with van der Waals surface area (Å²) in [7, 11) is 1.46. The van der Waals surface area contributed by atoms with E-state index in [0.717, 1.165) is 55.7 Å². The van der Waals surface area contributed by atoms with Crippen molar-refractivity contribution in [3.05, 3.63) is 70.0 Å². The van der Waals surface area contributed by atoms with Crippen molar-refractivity contribution in [2.24, 2.45) is 0 Å². The van der Waals surface area contributed by atoms with Crippen LogP contribution in [0.4, 0.5) is 35.5 Å². The molecule has 0 saturated carbocycles. The van der Waals surface area contributed by atoms with Crippen LogP contribution < -0.4 is 5.32 Å². The van der Waals surface area contributed by atoms with E-state index < -0.39 is 35.6 Å². The minimum absolute atomic E-state index is 0.0559. The van der Waals surface area contributed by atoms with Crippen LogP contribution in [0.3, 0.4) is 0 Å². The first-order valence-electron chi connectivity index (χ1n) is 14.7. The van der Waals surface area contributed by atoms with Gasteiger partial charge in [0.1, 0.15) is 5.82 Å². The second kappa shape index (κ2) is 13.5. The van der Waals surface area contributed by atoms with E-state index in [0.29, 0.717) is 25.4 Å². The van der Waals surface area contributed by atoms with Crippen LogP contribution >= 0.6 is 0 Å². The van der Waals surface area contributed by atoms with E-state index in [2.05, 4.69) is 10.2 Å². The molecule has 14 heteroatoms. The molecule has 3 heterocycles. The van der Waals surface area contributed by atoms with Gasteiger partial charge in [0.2, 0.25) is 5.91 Å². The fraction of sp³-hybridized carbons (Fsp3) is 0.548. The smallest absolute Gasteiger partial charge is 0.416 e. The van der Waals surface area contributed by atoms with Gasteiger partial charge in [0, 0.05) is 50.7 Å². The quantitative estimate of drug-likeness (QED) is 0.365. The maximum Gasteiger partial charge on any atom is 0.416 e. The molecule has 2 aromatic rings. The number of halogens is 7. The van der Waals surface area contributed by atoms with E-state index >= 15 is 0 Å². The van der Waals surface area contributed by atoms with E-state index in [4.69, 9.17) is 0 Å². The maximum absolute atomic E-state index is 13.5. The molecular formula is C31H37F7N4O3. The summed E-state index contributed by atoms with van der Waals surface area (Å²) in [5.74, 6) is -0.0346. The molecule has 248 valence electrons. The standard InChI is InChI=1S/C20H26FN3O3.C11H11F6N/c1-13-10-14(21)2-4-17(13)18-11-15(6-7-24(18)20(26)27)22-8-9-23-16(12-22)3-5-19(23)25;1-6(18-2)7-3-8(10(12,13)14)5-9(4-7)11(15,16)17/h2,4,10,15-16,18H,3,5-9,11-12H2,1H3,(H,26,27);3-6,18H,1-2H3/t15-,16+,18+;6-/m01/s1. The molecule has 3 aliphatic rings. The number of fused-ring (bicyclic) bond motifs is 1. The predicted octanol–water partition coefficient (Wildman–Crippen LogP) is 6.63. The lowest BCUT2D eigenvalue weighted by Gasteiger charge is -2.46. The van der Waals surface area contributed by atoms with Crippen LogP contribution in [0.2, 0.25) is 0 Å². The topological polar surface area (TPSA) is 76.1 Å². The zero-order valence-electron chi connectivity index (χ0n) is 25.2. The number of benzene rings is 2. The van der Waals surface area contributed by atoms with E-state index in [9.17, 15) is 45.4 Å². The molecule has 2 amide bonds. The summed E-state index contributed by atoms with van der Waals surface area (Å²) >= 11 is 0. The van der Waals surface area contributed by atoms with Gasteiger partial charge in [0.25, 0.3) is 0 Å². The number of likely N-dealkylation sites (tertiary alicyclic amines) is 1. The van der Waals surface area contributed by atoms with Crippen LogP contribution in [0.15, 0.2) is 36.4 Å². The Bertz CT molecular complexity index is 1350. The molecule has 0 spiro atoms. The zero-order valence-corrected chi connectivity index (χ0v) is 25.2. The number of hydrogen-bond acceptors (Lipinski definition) is 4. The first-order valence-corrected chi connectivity index (χ1v) is 14.7. The maximum atomic E-state index is 13.5. The van der Waals surface area contributed by atoms with Crippen molar-refractivity contribution in [1.29, 1.82) is 0 Å². The Morgan fingerprint density at radius 2 is 1.60 bits per heavy atom. The van der Waals surface area contributed by atoms with Crippen LogP contribution in [0, 0.1) is 12.7 Å². The summed E-state index contributed by atoms with van der Waals surface area (Å²) < 4.78 is 88.6. The second-order valence-corrected chi connectivity index (χ2v) is 11.8. The zero-order chi connectivity index (χ0) is 33.3. The van der Waals surface area contributed by atoms with Crippen LogP contribution in [-0.2, 0) is 17.1 Å². The van der Waals surface area contributed by atoms with Crippen molar-refractivity contribution in [2.75, 3.05) is 33.2 Å². The van der Waals surface area contributed by atoms with E-state index in [1.165, 1.54) is 31.0 Å². The number of piperazine rings is 1. The number of rotatable bonds is 4. The lowest BCUT2D eigenvalue weighted by atomic mass is 9.88. The first kappa shape index (κ1) is 34.5. The van der Waals surface area contributed by atoms with Crippen LogP contribution in [0.1, 0.15) is 72.5 Å². The number of carbonyl (C=O) groups is 2. The van der Waals surface area contributed by atoms with Gasteiger partial charge in [-0.3, -0.25) is 9.69 Å². The average molecular weight is 647 g/mol. The fourth-order valence-corrected chi connectivity index (χ4v) is 6.43. The molecule has 0 radical (unpaired) electrons. The largest absolute Gasteiger partial charge is 0.465 e. The summed E-state index contributed by atoms with van der Waals surface area (Å²) in [5, 5.41) is 12.3. The highest BCUT2D eigenvalue weighted by Crippen LogP contribution is 2.38. The molecule has 0 aliphatic carbocycles. The van der Waals surface area contributed by atoms with Gasteiger partial charge in [-0.05, 0) is 87.2 Å². The highest BCUT2D eigenvalue weighted by molar-refractivity contribution is 5.79. The van der Waals surface area contributed by atoms with E-state index in [1.807, 2.05) is 11.8 Å². The normalized spacial score (nSPS) is 23.3. The van der Waals surface area contributed by atoms with Crippen molar-refractivity contribution in [1.82, 2.24) is 20.0 Å². The number of piperidine rings is 1. The third-order valence-corrected chi connectivity index (χ3v) is 9.00. The lowest BCUT2D eigenvalue weighted by molar-refractivity contribution is -0.143. The molecule has 3 saturated heterocycles. The molecule has 3 fully saturated rings. The number of aryl methyl sites for hydroxylation is 1. The number of nitrogens with zero attached hydrogens (tertiary/aromatic N) is 3. The van der Waals surface area contributed by atoms with E-state index in [1.54, 1.807) is 6.07 Å². The Labute approximate surface area is 257 Å². The van der Waals surface area contributed by atoms with Crippen molar-refractivity contribution in [3.8, 4) is 0 Å². The van der Waals surface area contributed by atoms with Gasteiger partial charge < -0.3 is 20.2 Å². The average Bonchev–Trinajstić information content (AvgIpc) is 3.35. The van der Waals surface area contributed by atoms with Crippen molar-refractivity contribution in [2.45, 2.75) is 76.1 Å². The van der Waals surface area contributed by atoms with Crippen molar-refractivity contribution in [3.63, 3.8) is 0 Å². The third-order valence-electron chi connectivity index (χ3n) is 9.00. The summed E-state index contributed by atoms with van der Waals surface area (Å²) in [6, 6.07) is 5.89. The Morgan fingerprint density at radius 1 is 0.956 bits per heavy atom. The minimum Gasteiger partial charge on any atom is -0.465 e. The molecular weight excluding hydrogens is 609 g/mol. The number of carbonyl (C=O) groups excluding carboxylic acids is 1. The predicted molar refractivity (Wildman–Crippen MR) is 152 cm³/mol. The van der Waals surface area contributed by atoms with E-state index in [-0.39, 0.29) is 35.4 Å². The van der Waals surface area contributed by atoms with Crippen molar-refractivity contribution < 1.29 is 45.4 Å². The van der Waals surface area contributed by atoms with Gasteiger partial charge in [0.05, 0.1) is 17.2 Å². The molecule has 7 nitrogen and oxygen atoms in total. The molecule has 0 bridgehead atoms. The van der Waals surface area contributed by atoms with Gasteiger partial charge >= 0.3 is 18.4 Å². The summed E-state index contributed by atoms with van der Waals surface area (Å²) in [4.78, 5) is 29.6. The molecule has 4 atom stereocenters. The molecule has 3 aliphatic heterocycles. The number of carboxylic acid groups (broad SMARTS) is 1. The lowest BCUT2D eigenvalue weighted by Crippen LogP contribution is -2.57. The Kier molecular flexibility index (Phi) is 10.4. The van der Waals surface area contributed by atoms with Gasteiger partial charge in [0.15, 0.2) is 0 Å². The summed E-state index contributed by atoms with van der Waals surface area (Å²) in [6.45, 7) is 6.28. The van der Waals surface area contributed by atoms with Gasteiger partial charge in [-0.1, -0.05) is 6.07 Å². The van der Waals surface area contributed by atoms with Gasteiger partial charge in [-0.2, -0.15) is 26.3 Å². The van der Waals surface area contributed by atoms with Crippen molar-refractivity contribution >= 4 is 12.0 Å².